The maximum Gasteiger partial charge on any atom is 0.264 e. The summed E-state index contributed by atoms with van der Waals surface area (Å²) >= 11 is 0. The Morgan fingerprint density at radius 3 is 2.25 bits per heavy atom. The molecule has 4 heterocycles. The summed E-state index contributed by atoms with van der Waals surface area (Å²) in [6.45, 7) is 1.40. The van der Waals surface area contributed by atoms with Gasteiger partial charge in [-0.2, -0.15) is 0 Å². The van der Waals surface area contributed by atoms with Crippen LogP contribution in [0.15, 0.2) is 109 Å². The van der Waals surface area contributed by atoms with Crippen LogP contribution in [0.25, 0.3) is 33.4 Å². The van der Waals surface area contributed by atoms with Gasteiger partial charge in [0.05, 0.1) is 34.6 Å². The number of aromatic nitrogens is 3. The fraction of sp³-hybridized carbons (Fsp3) is 0.300. The molecule has 1 aliphatic carbocycles. The average Bonchev–Trinajstić information content (AvgIpc) is 3.77. The molecule has 9 rings (SSSR count). The lowest BCUT2D eigenvalue weighted by molar-refractivity contribution is -0.136. The Morgan fingerprint density at radius 2 is 1.50 bits per heavy atom. The summed E-state index contributed by atoms with van der Waals surface area (Å²) < 4.78 is 4.14. The van der Waals surface area contributed by atoms with E-state index in [1.54, 1.807) is 30.6 Å². The number of anilines is 1. The second-order valence-electron chi connectivity index (χ2n) is 16.8. The van der Waals surface area contributed by atoms with Gasteiger partial charge in [0, 0.05) is 48.9 Å². The van der Waals surface area contributed by atoms with Gasteiger partial charge in [-0.05, 0) is 92.3 Å². The number of hydrogen-bond donors (Lipinski definition) is 5. The molecule has 14 heteroatoms. The van der Waals surface area contributed by atoms with Gasteiger partial charge < -0.3 is 24.9 Å². The zero-order valence-corrected chi connectivity index (χ0v) is 35.4. The first kappa shape index (κ1) is 42.1. The number of unbranched alkanes of at least 4 members (excludes halogenated alkanes) is 2. The first-order chi connectivity index (χ1) is 31.2. The van der Waals surface area contributed by atoms with Gasteiger partial charge in [0.15, 0.2) is 0 Å². The van der Waals surface area contributed by atoms with E-state index in [0.29, 0.717) is 54.9 Å². The number of carbonyl (C=O) groups is 5. The molecule has 1 saturated heterocycles. The Balaban J connectivity index is 0.870. The van der Waals surface area contributed by atoms with Crippen LogP contribution in [-0.4, -0.2) is 78.9 Å². The van der Waals surface area contributed by atoms with Crippen molar-refractivity contribution in [2.24, 2.45) is 0 Å². The van der Waals surface area contributed by atoms with E-state index in [2.05, 4.69) is 44.8 Å². The average molecular weight is 859 g/mol. The Labute approximate surface area is 369 Å². The zero-order chi connectivity index (χ0) is 44.3. The molecule has 5 amide bonds. The molecule has 64 heavy (non-hydrogen) atoms. The van der Waals surface area contributed by atoms with E-state index in [1.807, 2.05) is 59.2 Å². The maximum atomic E-state index is 13.5. The van der Waals surface area contributed by atoms with Crippen LogP contribution >= 0.6 is 0 Å². The molecule has 0 radical (unpaired) electrons. The molecule has 1 saturated carbocycles. The van der Waals surface area contributed by atoms with Gasteiger partial charge >= 0.3 is 0 Å². The van der Waals surface area contributed by atoms with Gasteiger partial charge in [-0.1, -0.05) is 78.9 Å². The smallest absolute Gasteiger partial charge is 0.264 e. The van der Waals surface area contributed by atoms with Crippen molar-refractivity contribution in [2.45, 2.75) is 82.5 Å². The highest BCUT2D eigenvalue weighted by Gasteiger charge is 2.45. The second-order valence-corrected chi connectivity index (χ2v) is 16.8. The molecular formula is C50H50N8O6. The lowest BCUT2D eigenvalue weighted by Gasteiger charge is -2.27. The molecule has 0 spiro atoms. The molecule has 6 aromatic rings. The number of rotatable bonds is 14. The molecule has 4 aromatic carbocycles. The van der Waals surface area contributed by atoms with Crippen molar-refractivity contribution >= 4 is 46.3 Å². The summed E-state index contributed by atoms with van der Waals surface area (Å²) in [6.07, 6.45) is 6.83. The summed E-state index contributed by atoms with van der Waals surface area (Å²) in [5.41, 5.74) is 7.33. The third-order valence-corrected chi connectivity index (χ3v) is 12.7. The number of imide groups is 2. The summed E-state index contributed by atoms with van der Waals surface area (Å²) in [4.78, 5) is 70.3. The SMILES string of the molecule is N=c1c2c(-c3ccccc3)c(-c3ccccc3)n(Cc3cccc(C(=O)NCCCCCNc4cccc5c4C(=O)N(C4CCC(=O)NC4=O)C5=O)c3)c2ncn1C1CCC(O)CC1. The zero-order valence-electron chi connectivity index (χ0n) is 35.4. The van der Waals surface area contributed by atoms with Gasteiger partial charge in [0.1, 0.15) is 17.2 Å². The third kappa shape index (κ3) is 8.24. The number of aliphatic hydroxyl groups excluding tert-OH is 1. The Hall–Kier alpha value is -7.19. The van der Waals surface area contributed by atoms with Gasteiger partial charge in [0.2, 0.25) is 11.8 Å². The molecule has 5 N–H and O–H groups in total. The van der Waals surface area contributed by atoms with Crippen molar-refractivity contribution in [2.75, 3.05) is 18.4 Å². The molecule has 1 unspecified atom stereocenters. The number of nitrogens with one attached hydrogen (secondary N) is 4. The molecule has 2 fully saturated rings. The number of amides is 5. The second kappa shape index (κ2) is 18.3. The largest absolute Gasteiger partial charge is 0.393 e. The standard InChI is InChI=1S/C50H50N8O6/c51-45-43-41(32-13-4-1-5-14-32)44(33-15-6-2-7-16-33)56(46(43)54-30-57(45)35-20-22-36(59)23-21-35)29-31-12-10-17-34(28-31)47(61)53-27-9-3-8-26-52-38-19-11-18-37-42(38)50(64)58(49(37)63)39-24-25-40(60)55-48(39)62/h1-2,4-7,10-19,28,30,35-36,39,51-52,59H,3,8-9,20-27,29H2,(H,53,61)(H,55,60,62). The van der Waals surface area contributed by atoms with Crippen LogP contribution in [0.5, 0.6) is 0 Å². The highest BCUT2D eigenvalue weighted by atomic mass is 16.3. The highest BCUT2D eigenvalue weighted by molar-refractivity contribution is 6.25. The highest BCUT2D eigenvalue weighted by Crippen LogP contribution is 2.40. The topological polar surface area (TPSA) is 192 Å². The number of hydrogen-bond acceptors (Lipinski definition) is 9. The predicted molar refractivity (Wildman–Crippen MR) is 241 cm³/mol. The van der Waals surface area contributed by atoms with Crippen LogP contribution in [0.1, 0.15) is 100 Å². The van der Waals surface area contributed by atoms with Crippen LogP contribution in [0, 0.1) is 5.41 Å². The fourth-order valence-electron chi connectivity index (χ4n) is 9.43. The molecule has 3 aliphatic rings. The quantitative estimate of drug-likeness (QED) is 0.0599. The van der Waals surface area contributed by atoms with Crippen LogP contribution in [0.4, 0.5) is 5.69 Å². The van der Waals surface area contributed by atoms with Crippen LogP contribution in [0.2, 0.25) is 0 Å². The van der Waals surface area contributed by atoms with E-state index in [-0.39, 0.29) is 42.0 Å². The molecule has 0 bridgehead atoms. The fourth-order valence-corrected chi connectivity index (χ4v) is 9.43. The van der Waals surface area contributed by atoms with Gasteiger partial charge in [0.25, 0.3) is 17.7 Å². The summed E-state index contributed by atoms with van der Waals surface area (Å²) in [7, 11) is 0. The lowest BCUT2D eigenvalue weighted by Crippen LogP contribution is -2.54. The normalized spacial score (nSPS) is 18.6. The summed E-state index contributed by atoms with van der Waals surface area (Å²) in [5, 5.41) is 29.2. The number of aliphatic hydroxyl groups is 1. The van der Waals surface area contributed by atoms with Crippen LogP contribution in [0.3, 0.4) is 0 Å². The predicted octanol–water partition coefficient (Wildman–Crippen LogP) is 6.59. The lowest BCUT2D eigenvalue weighted by atomic mass is 9.93. The number of fused-ring (bicyclic) bond motifs is 2. The number of benzene rings is 4. The molecule has 2 aliphatic heterocycles. The van der Waals surface area contributed by atoms with Gasteiger partial charge in [-0.15, -0.1) is 0 Å². The van der Waals surface area contributed by atoms with E-state index >= 15 is 0 Å². The number of carbonyl (C=O) groups excluding carboxylic acids is 5. The Morgan fingerprint density at radius 1 is 0.781 bits per heavy atom. The van der Waals surface area contributed by atoms with Crippen molar-refractivity contribution in [3.63, 3.8) is 0 Å². The minimum absolute atomic E-state index is 0.0570. The van der Waals surface area contributed by atoms with E-state index in [1.165, 1.54) is 0 Å². The molecular weight excluding hydrogens is 809 g/mol. The minimum atomic E-state index is -1.03. The van der Waals surface area contributed by atoms with E-state index in [9.17, 15) is 34.5 Å². The summed E-state index contributed by atoms with van der Waals surface area (Å²) in [5.74, 6) is -2.34. The molecule has 1 atom stereocenters. The van der Waals surface area contributed by atoms with Crippen molar-refractivity contribution in [3.05, 3.63) is 137 Å². The van der Waals surface area contributed by atoms with E-state index < -0.39 is 29.7 Å². The maximum absolute atomic E-state index is 13.5. The van der Waals surface area contributed by atoms with Crippen molar-refractivity contribution < 1.29 is 29.1 Å². The van der Waals surface area contributed by atoms with Gasteiger partial charge in [-0.25, -0.2) is 4.98 Å². The first-order valence-electron chi connectivity index (χ1n) is 22.1. The minimum Gasteiger partial charge on any atom is -0.393 e. The van der Waals surface area contributed by atoms with Crippen molar-refractivity contribution in [1.82, 2.24) is 29.7 Å². The third-order valence-electron chi connectivity index (χ3n) is 12.7. The summed E-state index contributed by atoms with van der Waals surface area (Å²) in [6, 6.07) is 32.0. The van der Waals surface area contributed by atoms with Crippen molar-refractivity contribution in [1.29, 1.82) is 5.41 Å². The molecule has 14 nitrogen and oxygen atoms in total. The van der Waals surface area contributed by atoms with E-state index in [0.717, 1.165) is 70.3 Å². The van der Waals surface area contributed by atoms with Gasteiger partial charge in [-0.3, -0.25) is 39.6 Å². The number of nitrogens with zero attached hydrogens (tertiary/aromatic N) is 4. The molecule has 2 aromatic heterocycles. The van der Waals surface area contributed by atoms with Crippen LogP contribution in [-0.2, 0) is 16.1 Å². The Bertz CT molecular complexity index is 2830. The van der Waals surface area contributed by atoms with Crippen LogP contribution < -0.4 is 21.4 Å². The monoisotopic (exact) mass is 858 g/mol. The Kier molecular flexibility index (Phi) is 12.0. The van der Waals surface area contributed by atoms with E-state index in [4.69, 9.17) is 4.98 Å². The first-order valence-corrected chi connectivity index (χ1v) is 22.1. The number of piperidine rings is 1. The van der Waals surface area contributed by atoms with Crippen molar-refractivity contribution in [3.8, 4) is 22.4 Å². The molecule has 326 valence electrons.